The number of rotatable bonds is 7. The number of nitrogens with one attached hydrogen (secondary N) is 2. The number of urea groups is 1. The van der Waals surface area contributed by atoms with Crippen LogP contribution in [0.5, 0.6) is 17.2 Å². The predicted octanol–water partition coefficient (Wildman–Crippen LogP) is 2.57. The minimum absolute atomic E-state index is 0.0749. The van der Waals surface area contributed by atoms with Crippen LogP contribution in [0.3, 0.4) is 0 Å². The largest absolute Gasteiger partial charge is 0.497 e. The monoisotopic (exact) mass is 346 g/mol. The molecule has 2 rings (SSSR count). The van der Waals surface area contributed by atoms with Crippen molar-refractivity contribution in [1.29, 1.82) is 0 Å². The van der Waals surface area contributed by atoms with Gasteiger partial charge >= 0.3 is 6.03 Å². The van der Waals surface area contributed by atoms with Gasteiger partial charge in [-0.1, -0.05) is 12.1 Å². The van der Waals surface area contributed by atoms with E-state index in [1.165, 1.54) is 14.2 Å². The van der Waals surface area contributed by atoms with Crippen molar-refractivity contribution in [2.24, 2.45) is 0 Å². The Labute approximate surface area is 146 Å². The van der Waals surface area contributed by atoms with Crippen LogP contribution in [0, 0.1) is 0 Å². The molecule has 0 bridgehead atoms. The SMILES string of the molecule is COc1ccc(C(O)CNC(=O)Nc2ccc(OC)c(OC)c2)cc1. The summed E-state index contributed by atoms with van der Waals surface area (Å²) in [6.45, 7) is 0.0749. The molecule has 1 unspecified atom stereocenters. The molecule has 2 aromatic rings. The summed E-state index contributed by atoms with van der Waals surface area (Å²) in [5.74, 6) is 1.79. The number of benzene rings is 2. The number of anilines is 1. The van der Waals surface area contributed by atoms with Gasteiger partial charge in [0.05, 0.1) is 27.4 Å². The molecule has 0 fully saturated rings. The Morgan fingerprint density at radius 3 is 2.28 bits per heavy atom. The van der Waals surface area contributed by atoms with Gasteiger partial charge in [0.1, 0.15) is 5.75 Å². The summed E-state index contributed by atoms with van der Waals surface area (Å²) in [4.78, 5) is 12.0. The summed E-state index contributed by atoms with van der Waals surface area (Å²) in [7, 11) is 4.64. The number of amides is 2. The van der Waals surface area contributed by atoms with Crippen LogP contribution >= 0.6 is 0 Å². The fourth-order valence-corrected chi connectivity index (χ4v) is 2.22. The molecule has 7 nitrogen and oxygen atoms in total. The molecular formula is C18H22N2O5. The third kappa shape index (κ3) is 5.02. The lowest BCUT2D eigenvalue weighted by atomic mass is 10.1. The topological polar surface area (TPSA) is 89.1 Å². The van der Waals surface area contributed by atoms with Gasteiger partial charge in [-0.05, 0) is 29.8 Å². The summed E-state index contributed by atoms with van der Waals surface area (Å²) >= 11 is 0. The van der Waals surface area contributed by atoms with E-state index in [9.17, 15) is 9.90 Å². The van der Waals surface area contributed by atoms with Crippen LogP contribution in [0.2, 0.25) is 0 Å². The molecule has 0 aliphatic heterocycles. The highest BCUT2D eigenvalue weighted by molar-refractivity contribution is 5.89. The number of methoxy groups -OCH3 is 3. The molecule has 0 aliphatic carbocycles. The molecular weight excluding hydrogens is 324 g/mol. The molecule has 0 radical (unpaired) electrons. The fraction of sp³-hybridized carbons (Fsp3) is 0.278. The summed E-state index contributed by atoms with van der Waals surface area (Å²) in [6.07, 6.45) is -0.818. The molecule has 0 saturated heterocycles. The van der Waals surface area contributed by atoms with E-state index in [2.05, 4.69) is 10.6 Å². The summed E-state index contributed by atoms with van der Waals surface area (Å²) < 4.78 is 15.4. The summed E-state index contributed by atoms with van der Waals surface area (Å²) in [5, 5.41) is 15.4. The van der Waals surface area contributed by atoms with E-state index in [1.807, 2.05) is 0 Å². The standard InChI is InChI=1S/C18H22N2O5/c1-23-14-7-4-12(5-8-14)15(21)11-19-18(22)20-13-6-9-16(24-2)17(10-13)25-3/h4-10,15,21H,11H2,1-3H3,(H2,19,20,22). The van der Waals surface area contributed by atoms with E-state index in [0.717, 1.165) is 0 Å². The van der Waals surface area contributed by atoms with Crippen molar-refractivity contribution < 1.29 is 24.1 Å². The normalized spacial score (nSPS) is 11.4. The third-order valence-corrected chi connectivity index (χ3v) is 3.60. The van der Waals surface area contributed by atoms with Crippen LogP contribution in [-0.2, 0) is 0 Å². The zero-order valence-corrected chi connectivity index (χ0v) is 14.4. The van der Waals surface area contributed by atoms with Gasteiger partial charge in [0.2, 0.25) is 0 Å². The predicted molar refractivity (Wildman–Crippen MR) is 94.5 cm³/mol. The van der Waals surface area contributed by atoms with Crippen LogP contribution < -0.4 is 24.8 Å². The van der Waals surface area contributed by atoms with Crippen molar-refractivity contribution in [3.8, 4) is 17.2 Å². The summed E-state index contributed by atoms with van der Waals surface area (Å²) in [6, 6.07) is 11.6. The van der Waals surface area contributed by atoms with Crippen molar-refractivity contribution in [2.75, 3.05) is 33.2 Å². The number of hydrogen-bond acceptors (Lipinski definition) is 5. The van der Waals surface area contributed by atoms with Gasteiger partial charge in [-0.3, -0.25) is 0 Å². The molecule has 7 heteroatoms. The third-order valence-electron chi connectivity index (χ3n) is 3.60. The van der Waals surface area contributed by atoms with Crippen LogP contribution in [0.4, 0.5) is 10.5 Å². The number of aliphatic hydroxyl groups excluding tert-OH is 1. The average Bonchev–Trinajstić information content (AvgIpc) is 2.66. The van der Waals surface area contributed by atoms with Gasteiger partial charge < -0.3 is 30.0 Å². The van der Waals surface area contributed by atoms with Gasteiger partial charge in [0.25, 0.3) is 0 Å². The van der Waals surface area contributed by atoms with E-state index in [4.69, 9.17) is 14.2 Å². The van der Waals surface area contributed by atoms with Crippen LogP contribution in [0.25, 0.3) is 0 Å². The first kappa shape index (κ1) is 18.4. The maximum absolute atomic E-state index is 12.0. The Bertz CT molecular complexity index is 703. The molecule has 0 saturated carbocycles. The zero-order chi connectivity index (χ0) is 18.2. The lowest BCUT2D eigenvalue weighted by Gasteiger charge is -2.14. The number of hydrogen-bond donors (Lipinski definition) is 3. The van der Waals surface area contributed by atoms with E-state index in [0.29, 0.717) is 28.5 Å². The molecule has 134 valence electrons. The fourth-order valence-electron chi connectivity index (χ4n) is 2.22. The summed E-state index contributed by atoms with van der Waals surface area (Å²) in [5.41, 5.74) is 1.24. The Morgan fingerprint density at radius 1 is 1.00 bits per heavy atom. The highest BCUT2D eigenvalue weighted by atomic mass is 16.5. The van der Waals surface area contributed by atoms with Gasteiger partial charge in [0, 0.05) is 18.3 Å². The minimum Gasteiger partial charge on any atom is -0.497 e. The van der Waals surface area contributed by atoms with Crippen molar-refractivity contribution in [1.82, 2.24) is 5.32 Å². The Hall–Kier alpha value is -2.93. The first-order valence-electron chi connectivity index (χ1n) is 7.66. The highest BCUT2D eigenvalue weighted by Gasteiger charge is 2.11. The van der Waals surface area contributed by atoms with Crippen molar-refractivity contribution in [3.05, 3.63) is 48.0 Å². The van der Waals surface area contributed by atoms with E-state index in [1.54, 1.807) is 49.6 Å². The Kier molecular flexibility index (Phi) is 6.47. The molecule has 25 heavy (non-hydrogen) atoms. The molecule has 3 N–H and O–H groups in total. The second-order valence-electron chi connectivity index (χ2n) is 5.19. The first-order chi connectivity index (χ1) is 12.1. The smallest absolute Gasteiger partial charge is 0.319 e. The Morgan fingerprint density at radius 2 is 1.68 bits per heavy atom. The molecule has 0 heterocycles. The Balaban J connectivity index is 1.89. The number of carbonyl (C=O) groups excluding carboxylic acids is 1. The molecule has 2 amide bonds. The van der Waals surface area contributed by atoms with E-state index in [-0.39, 0.29) is 6.54 Å². The van der Waals surface area contributed by atoms with Crippen molar-refractivity contribution in [3.63, 3.8) is 0 Å². The lowest BCUT2D eigenvalue weighted by Crippen LogP contribution is -2.32. The first-order valence-corrected chi connectivity index (χ1v) is 7.66. The second kappa shape index (κ2) is 8.79. The van der Waals surface area contributed by atoms with Gasteiger partial charge in [0.15, 0.2) is 11.5 Å². The quantitative estimate of drug-likeness (QED) is 0.717. The van der Waals surface area contributed by atoms with Gasteiger partial charge in [-0.25, -0.2) is 4.79 Å². The average molecular weight is 346 g/mol. The second-order valence-corrected chi connectivity index (χ2v) is 5.19. The number of carbonyl (C=O) groups is 1. The lowest BCUT2D eigenvalue weighted by molar-refractivity contribution is 0.175. The van der Waals surface area contributed by atoms with E-state index < -0.39 is 12.1 Å². The maximum Gasteiger partial charge on any atom is 0.319 e. The number of ether oxygens (including phenoxy) is 3. The highest BCUT2D eigenvalue weighted by Crippen LogP contribution is 2.29. The van der Waals surface area contributed by atoms with E-state index >= 15 is 0 Å². The van der Waals surface area contributed by atoms with Crippen molar-refractivity contribution >= 4 is 11.7 Å². The van der Waals surface area contributed by atoms with Gasteiger partial charge in [-0.15, -0.1) is 0 Å². The van der Waals surface area contributed by atoms with Crippen LogP contribution in [0.1, 0.15) is 11.7 Å². The minimum atomic E-state index is -0.818. The van der Waals surface area contributed by atoms with Crippen LogP contribution in [0.15, 0.2) is 42.5 Å². The van der Waals surface area contributed by atoms with Crippen LogP contribution in [-0.4, -0.2) is 39.0 Å². The molecule has 1 atom stereocenters. The van der Waals surface area contributed by atoms with Gasteiger partial charge in [-0.2, -0.15) is 0 Å². The zero-order valence-electron chi connectivity index (χ0n) is 14.4. The molecule has 0 aromatic heterocycles. The molecule has 2 aromatic carbocycles. The molecule has 0 aliphatic rings. The van der Waals surface area contributed by atoms with Crippen molar-refractivity contribution in [2.45, 2.75) is 6.10 Å². The molecule has 0 spiro atoms. The maximum atomic E-state index is 12.0. The number of aliphatic hydroxyl groups is 1.